The molecule has 0 spiro atoms. The van der Waals surface area contributed by atoms with Crippen LogP contribution in [0.15, 0.2) is 51.9 Å². The van der Waals surface area contributed by atoms with E-state index in [2.05, 4.69) is 26.2 Å². The molecule has 0 aromatic heterocycles. The van der Waals surface area contributed by atoms with Gasteiger partial charge in [0.05, 0.1) is 6.54 Å². The number of rotatable bonds is 3. The van der Waals surface area contributed by atoms with Gasteiger partial charge in [0.25, 0.3) is 0 Å². The summed E-state index contributed by atoms with van der Waals surface area (Å²) in [6.45, 7) is 2.33. The predicted octanol–water partition coefficient (Wildman–Crippen LogP) is 3.82. The van der Waals surface area contributed by atoms with E-state index in [0.717, 1.165) is 15.7 Å². The standard InChI is InChI=1S/C15H15BrFN3/c1-10-2-5-13(6-3-10)20-15(18)19-9-11-8-12(17)4-7-14(11)16/h2-8H,9H2,1H3,(H3,18,19,20). The first kappa shape index (κ1) is 14.5. The van der Waals surface area contributed by atoms with E-state index in [0.29, 0.717) is 12.5 Å². The highest BCUT2D eigenvalue weighted by molar-refractivity contribution is 9.10. The summed E-state index contributed by atoms with van der Waals surface area (Å²) in [6, 6.07) is 12.3. The molecule has 0 amide bonds. The van der Waals surface area contributed by atoms with Gasteiger partial charge in [0.2, 0.25) is 0 Å². The quantitative estimate of drug-likeness (QED) is 0.661. The van der Waals surface area contributed by atoms with Gasteiger partial charge in [0.15, 0.2) is 5.96 Å². The van der Waals surface area contributed by atoms with E-state index in [4.69, 9.17) is 5.73 Å². The zero-order chi connectivity index (χ0) is 14.5. The Morgan fingerprint density at radius 2 is 1.95 bits per heavy atom. The predicted molar refractivity (Wildman–Crippen MR) is 84.2 cm³/mol. The van der Waals surface area contributed by atoms with Gasteiger partial charge in [-0.05, 0) is 42.8 Å². The highest BCUT2D eigenvalue weighted by atomic mass is 79.9. The molecule has 0 atom stereocenters. The number of anilines is 1. The summed E-state index contributed by atoms with van der Waals surface area (Å²) in [6.07, 6.45) is 0. The second-order valence-electron chi connectivity index (χ2n) is 4.43. The van der Waals surface area contributed by atoms with E-state index in [9.17, 15) is 4.39 Å². The van der Waals surface area contributed by atoms with Crippen molar-refractivity contribution in [2.24, 2.45) is 10.7 Å². The average Bonchev–Trinajstić information content (AvgIpc) is 2.42. The molecule has 20 heavy (non-hydrogen) atoms. The first-order valence-corrected chi connectivity index (χ1v) is 6.91. The molecule has 0 aliphatic carbocycles. The highest BCUT2D eigenvalue weighted by Gasteiger charge is 2.01. The minimum Gasteiger partial charge on any atom is -0.370 e. The first-order valence-electron chi connectivity index (χ1n) is 6.12. The minimum absolute atomic E-state index is 0.288. The van der Waals surface area contributed by atoms with Gasteiger partial charge in [-0.3, -0.25) is 0 Å². The Labute approximate surface area is 125 Å². The SMILES string of the molecule is Cc1ccc(NC(N)=NCc2cc(F)ccc2Br)cc1. The number of nitrogens with zero attached hydrogens (tertiary/aromatic N) is 1. The third-order valence-corrected chi connectivity index (χ3v) is 3.53. The molecule has 3 N–H and O–H groups in total. The Hall–Kier alpha value is -1.88. The van der Waals surface area contributed by atoms with Crippen LogP contribution in [0.2, 0.25) is 0 Å². The van der Waals surface area contributed by atoms with Gasteiger partial charge in [-0.25, -0.2) is 9.38 Å². The number of hydrogen-bond donors (Lipinski definition) is 2. The van der Waals surface area contributed by atoms with Crippen molar-refractivity contribution in [3.05, 3.63) is 63.9 Å². The van der Waals surface area contributed by atoms with E-state index >= 15 is 0 Å². The molecule has 0 aliphatic heterocycles. The third-order valence-electron chi connectivity index (χ3n) is 2.75. The van der Waals surface area contributed by atoms with Crippen LogP contribution in [-0.4, -0.2) is 5.96 Å². The number of nitrogens with two attached hydrogens (primary N) is 1. The molecule has 2 aromatic rings. The zero-order valence-corrected chi connectivity index (χ0v) is 12.6. The number of guanidine groups is 1. The summed E-state index contributed by atoms with van der Waals surface area (Å²) in [7, 11) is 0. The molecule has 2 aromatic carbocycles. The average molecular weight is 336 g/mol. The van der Waals surface area contributed by atoms with Crippen LogP contribution in [0.4, 0.5) is 10.1 Å². The second kappa shape index (κ2) is 6.52. The van der Waals surface area contributed by atoms with Crippen LogP contribution in [-0.2, 0) is 6.54 Å². The molecule has 0 saturated heterocycles. The number of benzene rings is 2. The van der Waals surface area contributed by atoms with E-state index in [1.807, 2.05) is 31.2 Å². The zero-order valence-electron chi connectivity index (χ0n) is 11.0. The Morgan fingerprint density at radius 3 is 2.65 bits per heavy atom. The second-order valence-corrected chi connectivity index (χ2v) is 5.28. The highest BCUT2D eigenvalue weighted by Crippen LogP contribution is 2.18. The molecule has 0 aliphatic rings. The van der Waals surface area contributed by atoms with E-state index < -0.39 is 0 Å². The molecule has 0 bridgehead atoms. The summed E-state index contributed by atoms with van der Waals surface area (Å²) >= 11 is 3.36. The van der Waals surface area contributed by atoms with Crippen molar-refractivity contribution in [3.8, 4) is 0 Å². The number of nitrogens with one attached hydrogen (secondary N) is 1. The first-order chi connectivity index (χ1) is 9.54. The Kier molecular flexibility index (Phi) is 4.74. The summed E-state index contributed by atoms with van der Waals surface area (Å²) in [5.41, 5.74) is 8.60. The molecule has 0 unspecified atom stereocenters. The number of hydrogen-bond acceptors (Lipinski definition) is 1. The van der Waals surface area contributed by atoms with Crippen molar-refractivity contribution < 1.29 is 4.39 Å². The Morgan fingerprint density at radius 1 is 1.25 bits per heavy atom. The van der Waals surface area contributed by atoms with Crippen molar-refractivity contribution in [1.82, 2.24) is 0 Å². The van der Waals surface area contributed by atoms with Gasteiger partial charge in [-0.2, -0.15) is 0 Å². The maximum absolute atomic E-state index is 13.1. The van der Waals surface area contributed by atoms with Crippen molar-refractivity contribution in [1.29, 1.82) is 0 Å². The summed E-state index contributed by atoms with van der Waals surface area (Å²) < 4.78 is 14.0. The van der Waals surface area contributed by atoms with Crippen LogP contribution in [0.5, 0.6) is 0 Å². The maximum atomic E-state index is 13.1. The van der Waals surface area contributed by atoms with Gasteiger partial charge in [0, 0.05) is 10.2 Å². The largest absolute Gasteiger partial charge is 0.370 e. The van der Waals surface area contributed by atoms with Crippen LogP contribution >= 0.6 is 15.9 Å². The lowest BCUT2D eigenvalue weighted by molar-refractivity contribution is 0.625. The van der Waals surface area contributed by atoms with Gasteiger partial charge in [-0.1, -0.05) is 33.6 Å². The maximum Gasteiger partial charge on any atom is 0.193 e. The molecule has 0 heterocycles. The lowest BCUT2D eigenvalue weighted by Gasteiger charge is -2.06. The topological polar surface area (TPSA) is 50.4 Å². The molecule has 104 valence electrons. The van der Waals surface area contributed by atoms with Crippen molar-refractivity contribution >= 4 is 27.6 Å². The fourth-order valence-electron chi connectivity index (χ4n) is 1.66. The van der Waals surface area contributed by atoms with Crippen LogP contribution in [0.25, 0.3) is 0 Å². The van der Waals surface area contributed by atoms with Crippen LogP contribution in [0, 0.1) is 12.7 Å². The van der Waals surface area contributed by atoms with E-state index in [-0.39, 0.29) is 5.82 Å². The van der Waals surface area contributed by atoms with Gasteiger partial charge >= 0.3 is 0 Å². The van der Waals surface area contributed by atoms with Crippen molar-refractivity contribution in [3.63, 3.8) is 0 Å². The molecule has 5 heteroatoms. The Bertz CT molecular complexity index is 624. The summed E-state index contributed by atoms with van der Waals surface area (Å²) in [4.78, 5) is 4.20. The minimum atomic E-state index is -0.288. The summed E-state index contributed by atoms with van der Waals surface area (Å²) in [5, 5.41) is 2.99. The van der Waals surface area contributed by atoms with E-state index in [1.54, 1.807) is 6.07 Å². The number of aliphatic imine (C=N–C) groups is 1. The van der Waals surface area contributed by atoms with Crippen molar-refractivity contribution in [2.45, 2.75) is 13.5 Å². The molecule has 3 nitrogen and oxygen atoms in total. The lowest BCUT2D eigenvalue weighted by Crippen LogP contribution is -2.22. The van der Waals surface area contributed by atoms with Crippen molar-refractivity contribution in [2.75, 3.05) is 5.32 Å². The third kappa shape index (κ3) is 4.06. The molecule has 0 radical (unpaired) electrons. The monoisotopic (exact) mass is 335 g/mol. The smallest absolute Gasteiger partial charge is 0.193 e. The molecule has 0 fully saturated rings. The molecule has 2 rings (SSSR count). The van der Waals surface area contributed by atoms with Gasteiger partial charge in [-0.15, -0.1) is 0 Å². The number of halogens is 2. The lowest BCUT2D eigenvalue weighted by atomic mass is 10.2. The summed E-state index contributed by atoms with van der Waals surface area (Å²) in [5.74, 6) is 0.00785. The van der Waals surface area contributed by atoms with Crippen LogP contribution in [0.1, 0.15) is 11.1 Å². The van der Waals surface area contributed by atoms with Crippen LogP contribution in [0.3, 0.4) is 0 Å². The van der Waals surface area contributed by atoms with E-state index in [1.165, 1.54) is 17.7 Å². The molecule has 0 saturated carbocycles. The normalized spacial score (nSPS) is 11.4. The molecular weight excluding hydrogens is 321 g/mol. The fraction of sp³-hybridized carbons (Fsp3) is 0.133. The number of aryl methyl sites for hydroxylation is 1. The Balaban J connectivity index is 2.03. The van der Waals surface area contributed by atoms with Crippen LogP contribution < -0.4 is 11.1 Å². The van der Waals surface area contributed by atoms with Gasteiger partial charge < -0.3 is 11.1 Å². The van der Waals surface area contributed by atoms with Gasteiger partial charge in [0.1, 0.15) is 5.82 Å². The molecular formula is C15H15BrFN3. The fourth-order valence-corrected chi connectivity index (χ4v) is 2.03.